The molecule has 1 aromatic heterocycles. The van der Waals surface area contributed by atoms with E-state index in [1.807, 2.05) is 0 Å². The van der Waals surface area contributed by atoms with E-state index >= 15 is 0 Å². The van der Waals surface area contributed by atoms with Gasteiger partial charge in [0.1, 0.15) is 17.6 Å². The summed E-state index contributed by atoms with van der Waals surface area (Å²) in [7, 11) is 0. The van der Waals surface area contributed by atoms with E-state index in [0.717, 1.165) is 12.3 Å². The van der Waals surface area contributed by atoms with Gasteiger partial charge in [-0.1, -0.05) is 0 Å². The Morgan fingerprint density at radius 1 is 1.63 bits per heavy atom. The minimum atomic E-state index is -1.32. The molecule has 2 heterocycles. The third-order valence-corrected chi connectivity index (χ3v) is 2.63. The summed E-state index contributed by atoms with van der Waals surface area (Å²) >= 11 is 0. The molecular weight excluding hydrogens is 256 g/mol. The molecule has 9 nitrogen and oxygen atoms in total. The fourth-order valence-electron chi connectivity index (χ4n) is 1.73. The van der Waals surface area contributed by atoms with E-state index in [9.17, 15) is 19.7 Å². The maximum atomic E-state index is 11.0. The molecule has 0 aromatic carbocycles. The van der Waals surface area contributed by atoms with Crippen molar-refractivity contribution in [3.8, 4) is 0 Å². The van der Waals surface area contributed by atoms with E-state index in [1.54, 1.807) is 0 Å². The first-order chi connectivity index (χ1) is 8.97. The molecule has 1 amide bonds. The first-order valence-corrected chi connectivity index (χ1v) is 5.38. The molecule has 0 saturated carbocycles. The minimum absolute atomic E-state index is 0.0135. The lowest BCUT2D eigenvalue weighted by molar-refractivity contribution is -0.385. The average Bonchev–Trinajstić information content (AvgIpc) is 2.74. The van der Waals surface area contributed by atoms with Crippen molar-refractivity contribution < 1.29 is 19.6 Å². The van der Waals surface area contributed by atoms with Gasteiger partial charge in [0.15, 0.2) is 0 Å². The van der Waals surface area contributed by atoms with Crippen molar-refractivity contribution in [3.05, 3.63) is 27.9 Å². The first kappa shape index (κ1) is 12.7. The minimum Gasteiger partial charge on any atom is -0.478 e. The zero-order valence-corrected chi connectivity index (χ0v) is 9.62. The van der Waals surface area contributed by atoms with E-state index in [-0.39, 0.29) is 29.8 Å². The summed E-state index contributed by atoms with van der Waals surface area (Å²) in [6.45, 7) is 0.358. The van der Waals surface area contributed by atoms with Gasteiger partial charge >= 0.3 is 5.97 Å². The Morgan fingerprint density at radius 2 is 2.37 bits per heavy atom. The lowest BCUT2D eigenvalue weighted by Crippen LogP contribution is -2.24. The van der Waals surface area contributed by atoms with Crippen molar-refractivity contribution in [3.63, 3.8) is 0 Å². The number of anilines is 1. The number of hydrogen-bond acceptors (Lipinski definition) is 6. The third kappa shape index (κ3) is 2.76. The topological polar surface area (TPSA) is 134 Å². The predicted molar refractivity (Wildman–Crippen MR) is 62.9 cm³/mol. The highest BCUT2D eigenvalue weighted by Crippen LogP contribution is 2.20. The Labute approximate surface area is 106 Å². The lowest BCUT2D eigenvalue weighted by atomic mass is 10.2. The number of nitro groups is 1. The first-order valence-electron chi connectivity index (χ1n) is 5.38. The fraction of sp³-hybridized carbons (Fsp3) is 0.300. The van der Waals surface area contributed by atoms with Crippen molar-refractivity contribution in [1.29, 1.82) is 0 Å². The van der Waals surface area contributed by atoms with Gasteiger partial charge in [0, 0.05) is 19.0 Å². The van der Waals surface area contributed by atoms with Crippen LogP contribution in [-0.2, 0) is 4.79 Å². The molecule has 1 aliphatic heterocycles. The highest BCUT2D eigenvalue weighted by Gasteiger charge is 2.24. The lowest BCUT2D eigenvalue weighted by Gasteiger charge is -2.12. The van der Waals surface area contributed by atoms with Crippen LogP contribution in [0.25, 0.3) is 0 Å². The number of pyridine rings is 1. The second kappa shape index (κ2) is 4.88. The summed E-state index contributed by atoms with van der Waals surface area (Å²) in [6, 6.07) is 0.654. The number of aromatic carboxylic acids is 1. The van der Waals surface area contributed by atoms with Crippen molar-refractivity contribution in [1.82, 2.24) is 10.3 Å². The fourth-order valence-corrected chi connectivity index (χ4v) is 1.73. The Morgan fingerprint density at radius 3 is 2.89 bits per heavy atom. The molecule has 2 rings (SSSR count). The van der Waals surface area contributed by atoms with Crippen LogP contribution in [-0.4, -0.2) is 39.5 Å². The Balaban J connectivity index is 2.26. The second-order valence-corrected chi connectivity index (χ2v) is 4.00. The molecule has 19 heavy (non-hydrogen) atoms. The summed E-state index contributed by atoms with van der Waals surface area (Å²) in [5, 5.41) is 25.0. The number of rotatable bonds is 4. The Kier molecular flexibility index (Phi) is 3.27. The van der Waals surface area contributed by atoms with Gasteiger partial charge in [-0.25, -0.2) is 9.78 Å². The van der Waals surface area contributed by atoms with Crippen LogP contribution in [0.1, 0.15) is 16.8 Å². The molecular formula is C10H10N4O5. The second-order valence-electron chi connectivity index (χ2n) is 4.00. The number of hydrogen-bond donors (Lipinski definition) is 3. The molecule has 1 unspecified atom stereocenters. The van der Waals surface area contributed by atoms with Crippen molar-refractivity contribution in [2.45, 2.75) is 12.5 Å². The number of carbonyl (C=O) groups excluding carboxylic acids is 1. The summed E-state index contributed by atoms with van der Waals surface area (Å²) in [5.74, 6) is -1.45. The normalized spacial score (nSPS) is 17.9. The number of carboxylic acids is 1. The van der Waals surface area contributed by atoms with E-state index in [4.69, 9.17) is 5.11 Å². The van der Waals surface area contributed by atoms with Crippen LogP contribution in [0.3, 0.4) is 0 Å². The van der Waals surface area contributed by atoms with Crippen LogP contribution in [0.2, 0.25) is 0 Å². The number of aromatic nitrogens is 1. The van der Waals surface area contributed by atoms with Crippen LogP contribution in [0, 0.1) is 10.1 Å². The third-order valence-electron chi connectivity index (χ3n) is 2.63. The van der Waals surface area contributed by atoms with Gasteiger partial charge in [-0.2, -0.15) is 0 Å². The zero-order chi connectivity index (χ0) is 14.0. The molecule has 1 aliphatic rings. The van der Waals surface area contributed by atoms with Gasteiger partial charge in [-0.05, 0) is 0 Å². The summed E-state index contributed by atoms with van der Waals surface area (Å²) in [5.41, 5.74) is -0.697. The maximum absolute atomic E-state index is 11.0. The van der Waals surface area contributed by atoms with E-state index in [0.29, 0.717) is 6.54 Å². The maximum Gasteiger partial charge on any atom is 0.339 e. The van der Waals surface area contributed by atoms with Crippen molar-refractivity contribution in [2.24, 2.45) is 0 Å². The average molecular weight is 266 g/mol. The van der Waals surface area contributed by atoms with Crippen LogP contribution < -0.4 is 10.6 Å². The van der Waals surface area contributed by atoms with E-state index in [1.165, 1.54) is 0 Å². The number of carbonyl (C=O) groups is 2. The quantitative estimate of drug-likeness (QED) is 0.515. The predicted octanol–water partition coefficient (Wildman–Crippen LogP) is -0.0116. The largest absolute Gasteiger partial charge is 0.478 e. The van der Waals surface area contributed by atoms with Crippen LogP contribution in [0.4, 0.5) is 11.5 Å². The van der Waals surface area contributed by atoms with Gasteiger partial charge in [-0.3, -0.25) is 14.9 Å². The molecule has 1 aromatic rings. The summed E-state index contributed by atoms with van der Waals surface area (Å²) < 4.78 is 0. The Bertz CT molecular complexity index is 559. The molecule has 9 heteroatoms. The van der Waals surface area contributed by atoms with Gasteiger partial charge in [0.2, 0.25) is 5.91 Å². The van der Waals surface area contributed by atoms with Gasteiger partial charge in [0.05, 0.1) is 11.0 Å². The van der Waals surface area contributed by atoms with Crippen LogP contribution >= 0.6 is 0 Å². The van der Waals surface area contributed by atoms with Crippen molar-refractivity contribution >= 4 is 23.4 Å². The monoisotopic (exact) mass is 266 g/mol. The molecule has 0 aliphatic carbocycles. The Hall–Kier alpha value is -2.71. The van der Waals surface area contributed by atoms with Crippen molar-refractivity contribution in [2.75, 3.05) is 11.9 Å². The summed E-state index contributed by atoms with van der Waals surface area (Å²) in [4.78, 5) is 35.7. The molecule has 1 saturated heterocycles. The highest BCUT2D eigenvalue weighted by molar-refractivity contribution is 5.94. The van der Waals surface area contributed by atoms with Gasteiger partial charge in [0.25, 0.3) is 5.69 Å². The number of carboxylic acid groups (broad SMARTS) is 1. The zero-order valence-electron chi connectivity index (χ0n) is 9.62. The molecule has 1 fully saturated rings. The molecule has 0 spiro atoms. The van der Waals surface area contributed by atoms with Crippen LogP contribution in [0.5, 0.6) is 0 Å². The number of nitrogens with one attached hydrogen (secondary N) is 2. The highest BCUT2D eigenvalue weighted by atomic mass is 16.6. The molecule has 100 valence electrons. The standard InChI is InChI=1S/C10H10N4O5/c15-8-1-5(3-11-8)13-9-7(10(16)17)2-6(4-12-9)14(18)19/h2,4-5H,1,3H2,(H,11,15)(H,12,13)(H,16,17). The summed E-state index contributed by atoms with van der Waals surface area (Å²) in [6.07, 6.45) is 1.18. The van der Waals surface area contributed by atoms with Crippen LogP contribution in [0.15, 0.2) is 12.3 Å². The molecule has 1 atom stereocenters. The van der Waals surface area contributed by atoms with Gasteiger partial charge < -0.3 is 15.7 Å². The number of nitrogens with zero attached hydrogens (tertiary/aromatic N) is 2. The smallest absolute Gasteiger partial charge is 0.339 e. The van der Waals surface area contributed by atoms with E-state index < -0.39 is 16.6 Å². The SMILES string of the molecule is O=C1CC(Nc2ncc([N+](=O)[O-])cc2C(=O)O)CN1. The molecule has 0 bridgehead atoms. The number of amides is 1. The van der Waals surface area contributed by atoms with E-state index in [2.05, 4.69) is 15.6 Å². The van der Waals surface area contributed by atoms with Gasteiger partial charge in [-0.15, -0.1) is 0 Å². The molecule has 3 N–H and O–H groups in total. The molecule has 0 radical (unpaired) electrons.